The van der Waals surface area contributed by atoms with Gasteiger partial charge in [0.15, 0.2) is 15.0 Å². The van der Waals surface area contributed by atoms with E-state index in [9.17, 15) is 8.42 Å². The summed E-state index contributed by atoms with van der Waals surface area (Å²) < 4.78 is 23.8. The Hall–Kier alpha value is -1.50. The molecular weight excluding hydrogens is 412 g/mol. The van der Waals surface area contributed by atoms with Gasteiger partial charge in [0.1, 0.15) is 0 Å². The second-order valence-corrected chi connectivity index (χ2v) is 11.5. The molecule has 0 spiro atoms. The Morgan fingerprint density at radius 1 is 1.18 bits per heavy atom. The quantitative estimate of drug-likeness (QED) is 0.697. The van der Waals surface area contributed by atoms with Crippen molar-refractivity contribution in [2.45, 2.75) is 37.6 Å². The van der Waals surface area contributed by atoms with Crippen LogP contribution < -0.4 is 4.90 Å². The molecule has 2 heterocycles. The van der Waals surface area contributed by atoms with Crippen LogP contribution in [0, 0.1) is 0 Å². The van der Waals surface area contributed by atoms with Crippen molar-refractivity contribution in [3.8, 4) is 0 Å². The molecule has 1 saturated heterocycles. The van der Waals surface area contributed by atoms with Crippen LogP contribution in [0.2, 0.25) is 5.02 Å². The lowest BCUT2D eigenvalue weighted by atomic mass is 10.0. The van der Waals surface area contributed by atoms with Crippen molar-refractivity contribution in [2.75, 3.05) is 16.4 Å². The van der Waals surface area contributed by atoms with Crippen LogP contribution in [0.1, 0.15) is 30.9 Å². The Labute approximate surface area is 175 Å². The van der Waals surface area contributed by atoms with Crippen molar-refractivity contribution < 1.29 is 8.42 Å². The van der Waals surface area contributed by atoms with Gasteiger partial charge in [0.2, 0.25) is 0 Å². The minimum Gasteiger partial charge on any atom is -0.317 e. The van der Waals surface area contributed by atoms with Gasteiger partial charge in [0, 0.05) is 16.0 Å². The molecule has 0 N–H and O–H groups in total. The van der Waals surface area contributed by atoms with Crippen LogP contribution in [-0.2, 0) is 16.4 Å². The van der Waals surface area contributed by atoms with Crippen LogP contribution in [-0.4, -0.2) is 36.4 Å². The smallest absolute Gasteiger partial charge is 0.164 e. The first kappa shape index (κ1) is 19.8. The number of amidine groups is 1. The highest BCUT2D eigenvalue weighted by Gasteiger charge is 2.44. The molecule has 0 aromatic heterocycles. The molecule has 1 fully saturated rings. The molecule has 4 nitrogen and oxygen atoms in total. The summed E-state index contributed by atoms with van der Waals surface area (Å²) in [5.74, 6) is 0.844. The first-order valence-electron chi connectivity index (χ1n) is 9.37. The third-order valence-corrected chi connectivity index (χ3v) is 8.62. The molecule has 2 aromatic rings. The number of hydrogen-bond donors (Lipinski definition) is 0. The van der Waals surface area contributed by atoms with Crippen molar-refractivity contribution >= 4 is 44.1 Å². The van der Waals surface area contributed by atoms with Gasteiger partial charge >= 0.3 is 0 Å². The first-order chi connectivity index (χ1) is 13.3. The maximum Gasteiger partial charge on any atom is 0.164 e. The second-order valence-electron chi connectivity index (χ2n) is 7.67. The van der Waals surface area contributed by atoms with Crippen molar-refractivity contribution in [1.29, 1.82) is 0 Å². The number of rotatable bonds is 4. The lowest BCUT2D eigenvalue weighted by Crippen LogP contribution is -2.28. The number of thioether (sulfide) groups is 1. The van der Waals surface area contributed by atoms with E-state index in [1.807, 2.05) is 24.3 Å². The van der Waals surface area contributed by atoms with Gasteiger partial charge in [0.05, 0.1) is 24.1 Å². The van der Waals surface area contributed by atoms with Gasteiger partial charge in [-0.25, -0.2) is 8.42 Å². The van der Waals surface area contributed by atoms with Gasteiger partial charge in [-0.05, 0) is 41.3 Å². The Bertz CT molecular complexity index is 1000. The number of benzene rings is 2. The highest BCUT2D eigenvalue weighted by molar-refractivity contribution is 8.15. The fraction of sp³-hybridized carbons (Fsp3) is 0.381. The molecule has 0 radical (unpaired) electrons. The second kappa shape index (κ2) is 7.73. The third-order valence-electron chi connectivity index (χ3n) is 5.14. The Balaban J connectivity index is 1.66. The van der Waals surface area contributed by atoms with Crippen molar-refractivity contribution in [1.82, 2.24) is 0 Å². The molecule has 2 atom stereocenters. The molecule has 0 aliphatic carbocycles. The van der Waals surface area contributed by atoms with Gasteiger partial charge in [-0.1, -0.05) is 61.5 Å². The molecule has 0 saturated carbocycles. The van der Waals surface area contributed by atoms with E-state index in [4.69, 9.17) is 16.6 Å². The van der Waals surface area contributed by atoms with E-state index in [1.54, 1.807) is 11.8 Å². The highest BCUT2D eigenvalue weighted by Crippen LogP contribution is 2.37. The summed E-state index contributed by atoms with van der Waals surface area (Å²) in [5.41, 5.74) is 3.43. The summed E-state index contributed by atoms with van der Waals surface area (Å²) >= 11 is 7.76. The highest BCUT2D eigenvalue weighted by atomic mass is 35.5. The normalized spacial score (nSPS) is 22.9. The fourth-order valence-corrected chi connectivity index (χ4v) is 7.59. The molecule has 4 rings (SSSR count). The minimum absolute atomic E-state index is 0.0248. The SMILES string of the molecule is CC(C)c1ccc(N(Cc2cccc(Cl)c2)C2=NC3CS(=O)(=O)CC3S2)cc1. The molecule has 148 valence electrons. The predicted octanol–water partition coefficient (Wildman–Crippen LogP) is 4.74. The third kappa shape index (κ3) is 4.24. The Morgan fingerprint density at radius 2 is 1.93 bits per heavy atom. The van der Waals surface area contributed by atoms with Gasteiger partial charge in [-0.3, -0.25) is 4.99 Å². The van der Waals surface area contributed by atoms with Crippen LogP contribution in [0.4, 0.5) is 5.69 Å². The number of aliphatic imine (C=N–C) groups is 1. The number of halogens is 1. The average Bonchev–Trinajstić information content (AvgIpc) is 3.13. The zero-order valence-corrected chi connectivity index (χ0v) is 18.3. The Morgan fingerprint density at radius 3 is 2.57 bits per heavy atom. The van der Waals surface area contributed by atoms with Crippen molar-refractivity contribution in [3.63, 3.8) is 0 Å². The number of sulfone groups is 1. The standard InChI is InChI=1S/C21H23ClN2O2S2/c1-14(2)16-6-8-18(9-7-16)24(11-15-4-3-5-17(22)10-15)21-23-19-12-28(25,26)13-20(19)27-21/h3-10,14,19-20H,11-13H2,1-2H3. The summed E-state index contributed by atoms with van der Waals surface area (Å²) in [6, 6.07) is 16.2. The van der Waals surface area contributed by atoms with Gasteiger partial charge in [-0.2, -0.15) is 0 Å². The number of anilines is 1. The molecular formula is C21H23ClN2O2S2. The minimum atomic E-state index is -2.96. The molecule has 2 aromatic carbocycles. The number of nitrogens with zero attached hydrogens (tertiary/aromatic N) is 2. The van der Waals surface area contributed by atoms with Gasteiger partial charge in [-0.15, -0.1) is 0 Å². The number of fused-ring (bicyclic) bond motifs is 1. The lowest BCUT2D eigenvalue weighted by Gasteiger charge is -2.25. The summed E-state index contributed by atoms with van der Waals surface area (Å²) in [5, 5.41) is 1.62. The van der Waals surface area contributed by atoms with Crippen LogP contribution in [0.15, 0.2) is 53.5 Å². The van der Waals surface area contributed by atoms with E-state index >= 15 is 0 Å². The van der Waals surface area contributed by atoms with E-state index in [0.717, 1.165) is 16.4 Å². The van der Waals surface area contributed by atoms with E-state index in [-0.39, 0.29) is 22.8 Å². The summed E-state index contributed by atoms with van der Waals surface area (Å²) in [6.07, 6.45) is 0. The molecule has 0 amide bonds. The fourth-order valence-electron chi connectivity index (χ4n) is 3.60. The van der Waals surface area contributed by atoms with Crippen molar-refractivity contribution in [3.05, 3.63) is 64.7 Å². The zero-order valence-electron chi connectivity index (χ0n) is 15.9. The molecule has 28 heavy (non-hydrogen) atoms. The maximum absolute atomic E-state index is 11.9. The van der Waals surface area contributed by atoms with E-state index in [0.29, 0.717) is 17.5 Å². The van der Waals surface area contributed by atoms with Gasteiger partial charge < -0.3 is 4.90 Å². The lowest BCUT2D eigenvalue weighted by molar-refractivity contribution is 0.601. The summed E-state index contributed by atoms with van der Waals surface area (Å²) in [4.78, 5) is 6.96. The van der Waals surface area contributed by atoms with Gasteiger partial charge in [0.25, 0.3) is 0 Å². The molecule has 2 unspecified atom stereocenters. The van der Waals surface area contributed by atoms with E-state index in [1.165, 1.54) is 5.56 Å². The van der Waals surface area contributed by atoms with E-state index < -0.39 is 9.84 Å². The monoisotopic (exact) mass is 434 g/mol. The molecule has 0 bridgehead atoms. The predicted molar refractivity (Wildman–Crippen MR) is 119 cm³/mol. The average molecular weight is 435 g/mol. The Kier molecular flexibility index (Phi) is 5.47. The molecule has 2 aliphatic heterocycles. The maximum atomic E-state index is 11.9. The molecule has 2 aliphatic rings. The topological polar surface area (TPSA) is 49.7 Å². The largest absolute Gasteiger partial charge is 0.317 e. The van der Waals surface area contributed by atoms with E-state index in [2.05, 4.69) is 43.0 Å². The zero-order chi connectivity index (χ0) is 19.9. The number of hydrogen-bond acceptors (Lipinski definition) is 5. The van der Waals surface area contributed by atoms with Crippen LogP contribution in [0.5, 0.6) is 0 Å². The summed E-state index contributed by atoms with van der Waals surface area (Å²) in [6.45, 7) is 4.99. The summed E-state index contributed by atoms with van der Waals surface area (Å²) in [7, 11) is -2.96. The van der Waals surface area contributed by atoms with Crippen molar-refractivity contribution in [2.24, 2.45) is 4.99 Å². The van der Waals surface area contributed by atoms with Crippen LogP contribution >= 0.6 is 23.4 Å². The van der Waals surface area contributed by atoms with Crippen LogP contribution in [0.3, 0.4) is 0 Å². The van der Waals surface area contributed by atoms with Crippen LogP contribution in [0.25, 0.3) is 0 Å². The molecule has 7 heteroatoms. The first-order valence-corrected chi connectivity index (χ1v) is 12.5.